The molecule has 3 rings (SSSR count). The van der Waals surface area contributed by atoms with E-state index >= 15 is 0 Å². The Balaban J connectivity index is 1.65. The maximum atomic E-state index is 12.5. The third-order valence-electron chi connectivity index (χ3n) is 3.71. The SMILES string of the molecule is CCSc1ccc(Cc2nnc(NC(=O)c3ccccc3SCC)o2)cc1. The Morgan fingerprint density at radius 2 is 1.74 bits per heavy atom. The second-order valence-electron chi connectivity index (χ2n) is 5.64. The Morgan fingerprint density at radius 1 is 1.00 bits per heavy atom. The molecule has 0 atom stereocenters. The van der Waals surface area contributed by atoms with Gasteiger partial charge in [-0.3, -0.25) is 10.1 Å². The van der Waals surface area contributed by atoms with Crippen LogP contribution < -0.4 is 5.32 Å². The minimum Gasteiger partial charge on any atom is -0.407 e. The number of nitrogens with one attached hydrogen (secondary N) is 1. The van der Waals surface area contributed by atoms with E-state index < -0.39 is 0 Å². The monoisotopic (exact) mass is 399 g/mol. The molecule has 0 spiro atoms. The maximum Gasteiger partial charge on any atom is 0.322 e. The molecule has 3 aromatic rings. The van der Waals surface area contributed by atoms with Crippen molar-refractivity contribution >= 4 is 35.4 Å². The molecule has 7 heteroatoms. The highest BCUT2D eigenvalue weighted by molar-refractivity contribution is 7.99. The van der Waals surface area contributed by atoms with E-state index in [9.17, 15) is 4.79 Å². The standard InChI is InChI=1S/C20H21N3O2S2/c1-3-26-15-11-9-14(10-12-15)13-18-22-23-20(25-18)21-19(24)16-7-5-6-8-17(16)27-4-2/h5-12H,3-4,13H2,1-2H3,(H,21,23,24). The lowest BCUT2D eigenvalue weighted by molar-refractivity contribution is 0.102. The Bertz CT molecular complexity index is 894. The predicted octanol–water partition coefficient (Wildman–Crippen LogP) is 5.14. The van der Waals surface area contributed by atoms with E-state index in [2.05, 4.69) is 53.6 Å². The minimum atomic E-state index is -0.248. The molecule has 0 fully saturated rings. The molecule has 0 bridgehead atoms. The lowest BCUT2D eigenvalue weighted by atomic mass is 10.1. The van der Waals surface area contributed by atoms with Gasteiger partial charge in [0.25, 0.3) is 5.91 Å². The van der Waals surface area contributed by atoms with E-state index in [-0.39, 0.29) is 11.9 Å². The van der Waals surface area contributed by atoms with Gasteiger partial charge in [-0.15, -0.1) is 28.6 Å². The molecule has 1 amide bonds. The molecule has 0 aliphatic heterocycles. The molecule has 0 radical (unpaired) electrons. The van der Waals surface area contributed by atoms with Gasteiger partial charge >= 0.3 is 6.01 Å². The zero-order valence-corrected chi connectivity index (χ0v) is 16.9. The number of aromatic nitrogens is 2. The number of carbonyl (C=O) groups is 1. The summed E-state index contributed by atoms with van der Waals surface area (Å²) in [7, 11) is 0. The van der Waals surface area contributed by atoms with Gasteiger partial charge in [0, 0.05) is 9.79 Å². The van der Waals surface area contributed by atoms with Crippen LogP contribution in [-0.4, -0.2) is 27.6 Å². The van der Waals surface area contributed by atoms with Crippen molar-refractivity contribution in [3.05, 3.63) is 65.5 Å². The number of hydrogen-bond acceptors (Lipinski definition) is 6. The van der Waals surface area contributed by atoms with Crippen molar-refractivity contribution in [3.8, 4) is 0 Å². The average Bonchev–Trinajstić information content (AvgIpc) is 3.11. The molecule has 1 heterocycles. The van der Waals surface area contributed by atoms with E-state index in [0.29, 0.717) is 17.9 Å². The summed E-state index contributed by atoms with van der Waals surface area (Å²) in [6.45, 7) is 4.18. The van der Waals surface area contributed by atoms with Crippen LogP contribution in [0.2, 0.25) is 0 Å². The molecule has 0 saturated heterocycles. The highest BCUT2D eigenvalue weighted by atomic mass is 32.2. The molecule has 1 N–H and O–H groups in total. The van der Waals surface area contributed by atoms with E-state index in [1.807, 2.05) is 18.2 Å². The van der Waals surface area contributed by atoms with Gasteiger partial charge in [0.15, 0.2) is 0 Å². The summed E-state index contributed by atoms with van der Waals surface area (Å²) < 4.78 is 5.59. The Morgan fingerprint density at radius 3 is 2.48 bits per heavy atom. The summed E-state index contributed by atoms with van der Waals surface area (Å²) in [5, 5.41) is 10.7. The van der Waals surface area contributed by atoms with Gasteiger partial charge in [0.1, 0.15) is 0 Å². The molecule has 140 valence electrons. The second kappa shape index (κ2) is 9.62. The first kappa shape index (κ1) is 19.5. The first-order valence-corrected chi connectivity index (χ1v) is 10.7. The van der Waals surface area contributed by atoms with Gasteiger partial charge in [-0.05, 0) is 41.3 Å². The number of hydrogen-bond donors (Lipinski definition) is 1. The normalized spacial score (nSPS) is 10.7. The van der Waals surface area contributed by atoms with Crippen molar-refractivity contribution in [3.63, 3.8) is 0 Å². The summed E-state index contributed by atoms with van der Waals surface area (Å²) in [6, 6.07) is 15.9. The van der Waals surface area contributed by atoms with Crippen LogP contribution in [0.1, 0.15) is 35.7 Å². The van der Waals surface area contributed by atoms with Crippen LogP contribution in [0.25, 0.3) is 0 Å². The molecule has 2 aromatic carbocycles. The summed E-state index contributed by atoms with van der Waals surface area (Å²) in [5.41, 5.74) is 1.69. The maximum absolute atomic E-state index is 12.5. The predicted molar refractivity (Wildman–Crippen MR) is 111 cm³/mol. The van der Waals surface area contributed by atoms with Crippen molar-refractivity contribution in [1.82, 2.24) is 10.2 Å². The number of rotatable bonds is 8. The molecule has 0 aliphatic carbocycles. The first-order chi connectivity index (χ1) is 13.2. The van der Waals surface area contributed by atoms with Gasteiger partial charge < -0.3 is 4.42 Å². The third kappa shape index (κ3) is 5.37. The fourth-order valence-corrected chi connectivity index (χ4v) is 3.98. The number of benzene rings is 2. The van der Waals surface area contributed by atoms with E-state index in [1.165, 1.54) is 4.90 Å². The van der Waals surface area contributed by atoms with Gasteiger partial charge in [-0.1, -0.05) is 43.2 Å². The van der Waals surface area contributed by atoms with E-state index in [1.54, 1.807) is 29.6 Å². The molecule has 5 nitrogen and oxygen atoms in total. The van der Waals surface area contributed by atoms with Gasteiger partial charge in [0.05, 0.1) is 12.0 Å². The molecular weight excluding hydrogens is 378 g/mol. The van der Waals surface area contributed by atoms with Gasteiger partial charge in [-0.25, -0.2) is 0 Å². The number of nitrogens with zero attached hydrogens (tertiary/aromatic N) is 2. The van der Waals surface area contributed by atoms with Crippen LogP contribution in [0.4, 0.5) is 6.01 Å². The van der Waals surface area contributed by atoms with E-state index in [4.69, 9.17) is 4.42 Å². The largest absolute Gasteiger partial charge is 0.407 e. The smallest absolute Gasteiger partial charge is 0.322 e. The van der Waals surface area contributed by atoms with Crippen molar-refractivity contribution in [1.29, 1.82) is 0 Å². The molecule has 27 heavy (non-hydrogen) atoms. The molecular formula is C20H21N3O2S2. The Hall–Kier alpha value is -2.25. The van der Waals surface area contributed by atoms with Crippen LogP contribution in [0.15, 0.2) is 62.7 Å². The molecule has 1 aromatic heterocycles. The van der Waals surface area contributed by atoms with Crippen molar-refractivity contribution in [2.75, 3.05) is 16.8 Å². The van der Waals surface area contributed by atoms with Gasteiger partial charge in [-0.2, -0.15) is 0 Å². The third-order valence-corrected chi connectivity index (χ3v) is 5.56. The van der Waals surface area contributed by atoms with Crippen LogP contribution >= 0.6 is 23.5 Å². The van der Waals surface area contributed by atoms with Crippen LogP contribution in [0.5, 0.6) is 0 Å². The van der Waals surface area contributed by atoms with Crippen LogP contribution in [0.3, 0.4) is 0 Å². The average molecular weight is 400 g/mol. The zero-order chi connectivity index (χ0) is 19.1. The number of carbonyl (C=O) groups excluding carboxylic acids is 1. The lowest BCUT2D eigenvalue weighted by Gasteiger charge is -2.06. The highest BCUT2D eigenvalue weighted by Gasteiger charge is 2.15. The summed E-state index contributed by atoms with van der Waals surface area (Å²) in [5.74, 6) is 2.16. The number of thioether (sulfide) groups is 2. The zero-order valence-electron chi connectivity index (χ0n) is 15.3. The fourth-order valence-electron chi connectivity index (χ4n) is 2.52. The minimum absolute atomic E-state index is 0.115. The highest BCUT2D eigenvalue weighted by Crippen LogP contribution is 2.23. The second-order valence-corrected chi connectivity index (χ2v) is 8.28. The van der Waals surface area contributed by atoms with Crippen molar-refractivity contribution < 1.29 is 9.21 Å². The summed E-state index contributed by atoms with van der Waals surface area (Å²) >= 11 is 3.43. The Labute approximate surface area is 167 Å². The van der Waals surface area contributed by atoms with E-state index in [0.717, 1.165) is 22.0 Å². The van der Waals surface area contributed by atoms with Crippen LogP contribution in [-0.2, 0) is 6.42 Å². The Kier molecular flexibility index (Phi) is 6.95. The van der Waals surface area contributed by atoms with Crippen molar-refractivity contribution in [2.45, 2.75) is 30.1 Å². The van der Waals surface area contributed by atoms with Crippen molar-refractivity contribution in [2.24, 2.45) is 0 Å². The number of anilines is 1. The quantitative estimate of drug-likeness (QED) is 0.529. The summed E-state index contributed by atoms with van der Waals surface area (Å²) in [4.78, 5) is 14.7. The van der Waals surface area contributed by atoms with Crippen LogP contribution in [0, 0.1) is 0 Å². The van der Waals surface area contributed by atoms with Gasteiger partial charge in [0.2, 0.25) is 5.89 Å². The topological polar surface area (TPSA) is 68.0 Å². The first-order valence-electron chi connectivity index (χ1n) is 8.77. The lowest BCUT2D eigenvalue weighted by Crippen LogP contribution is -2.13. The fraction of sp³-hybridized carbons (Fsp3) is 0.250. The summed E-state index contributed by atoms with van der Waals surface area (Å²) in [6.07, 6.45) is 0.530. The number of amides is 1. The molecule has 0 unspecified atom stereocenters. The molecule has 0 aliphatic rings. The molecule has 0 saturated carbocycles.